The number of benzene rings is 12. The van der Waals surface area contributed by atoms with Crippen LogP contribution in [0.3, 0.4) is 0 Å². The molecule has 15 aromatic rings. The molecule has 0 spiro atoms. The zero-order chi connectivity index (χ0) is 48.0. The lowest BCUT2D eigenvalue weighted by Gasteiger charge is -2.15. The van der Waals surface area contributed by atoms with E-state index in [0.29, 0.717) is 5.82 Å². The zero-order valence-corrected chi connectivity index (χ0v) is 39.5. The van der Waals surface area contributed by atoms with E-state index in [1.54, 1.807) is 0 Å². The summed E-state index contributed by atoms with van der Waals surface area (Å²) in [7, 11) is 0. The lowest BCUT2D eigenvalue weighted by atomic mass is 9.94. The van der Waals surface area contributed by atoms with Gasteiger partial charge < -0.3 is 4.57 Å². The van der Waals surface area contributed by atoms with Crippen molar-refractivity contribution in [2.24, 2.45) is 0 Å². The molecule has 73 heavy (non-hydrogen) atoms. The summed E-state index contributed by atoms with van der Waals surface area (Å²) < 4.78 is 2.39. The van der Waals surface area contributed by atoms with Crippen LogP contribution in [-0.4, -0.2) is 19.5 Å². The second kappa shape index (κ2) is 16.4. The van der Waals surface area contributed by atoms with Crippen LogP contribution in [0.5, 0.6) is 0 Å². The van der Waals surface area contributed by atoms with Crippen LogP contribution in [0.25, 0.3) is 149 Å². The largest absolute Gasteiger partial charge is 0.309 e. The summed E-state index contributed by atoms with van der Waals surface area (Å²) in [6.45, 7) is 0. The molecular formula is C69H42N4. The lowest BCUT2D eigenvalue weighted by molar-refractivity contribution is 1.18. The summed E-state index contributed by atoms with van der Waals surface area (Å²) in [5, 5.41) is 15.4. The van der Waals surface area contributed by atoms with Crippen LogP contribution in [0.15, 0.2) is 255 Å². The van der Waals surface area contributed by atoms with Crippen molar-refractivity contribution in [3.05, 3.63) is 255 Å². The number of hydrogen-bond acceptors (Lipinski definition) is 3. The van der Waals surface area contributed by atoms with Crippen LogP contribution in [-0.2, 0) is 0 Å². The van der Waals surface area contributed by atoms with Crippen LogP contribution in [0.2, 0.25) is 0 Å². The number of rotatable bonds is 6. The molecule has 3 aromatic heterocycles. The maximum Gasteiger partial charge on any atom is 0.161 e. The molecule has 12 aromatic carbocycles. The first-order valence-electron chi connectivity index (χ1n) is 24.9. The summed E-state index contributed by atoms with van der Waals surface area (Å²) >= 11 is 0. The first-order valence-corrected chi connectivity index (χ1v) is 24.9. The van der Waals surface area contributed by atoms with E-state index in [9.17, 15) is 0 Å². The number of hydrogen-bond donors (Lipinski definition) is 0. The van der Waals surface area contributed by atoms with Crippen LogP contribution in [0.1, 0.15) is 0 Å². The van der Waals surface area contributed by atoms with Gasteiger partial charge in [-0.15, -0.1) is 0 Å². The fraction of sp³-hybridized carbons (Fsp3) is 0. The molecule has 0 amide bonds. The number of aromatic nitrogens is 4. The topological polar surface area (TPSA) is 43.6 Å². The Kier molecular flexibility index (Phi) is 9.23. The zero-order valence-electron chi connectivity index (χ0n) is 39.5. The second-order valence-corrected chi connectivity index (χ2v) is 19.0. The Morgan fingerprint density at radius 3 is 1.47 bits per heavy atom. The minimum Gasteiger partial charge on any atom is -0.309 e. The predicted octanol–water partition coefficient (Wildman–Crippen LogP) is 18.2. The lowest BCUT2D eigenvalue weighted by Crippen LogP contribution is -1.98. The summed E-state index contributed by atoms with van der Waals surface area (Å²) in [6.07, 6.45) is 0. The molecule has 0 atom stereocenters. The third-order valence-electron chi connectivity index (χ3n) is 15.0. The van der Waals surface area contributed by atoms with E-state index in [4.69, 9.17) is 15.0 Å². The van der Waals surface area contributed by atoms with Crippen LogP contribution in [0, 0.1) is 0 Å². The van der Waals surface area contributed by atoms with Gasteiger partial charge >= 0.3 is 0 Å². The molecule has 0 saturated carbocycles. The third kappa shape index (κ3) is 6.58. The summed E-state index contributed by atoms with van der Waals surface area (Å²) in [5.74, 6) is 0.698. The fourth-order valence-corrected chi connectivity index (χ4v) is 11.6. The van der Waals surface area contributed by atoms with E-state index in [-0.39, 0.29) is 0 Å². The molecule has 0 bridgehead atoms. The summed E-state index contributed by atoms with van der Waals surface area (Å²) in [5.41, 5.74) is 13.7. The number of fused-ring (bicyclic) bond motifs is 13. The third-order valence-corrected chi connectivity index (χ3v) is 15.0. The minimum absolute atomic E-state index is 0.698. The average Bonchev–Trinajstić information content (AvgIpc) is 3.83. The average molecular weight is 927 g/mol. The van der Waals surface area contributed by atoms with Gasteiger partial charge in [-0.25, -0.2) is 15.0 Å². The van der Waals surface area contributed by atoms with Gasteiger partial charge in [-0.05, 0) is 103 Å². The number of nitrogens with zero attached hydrogens (tertiary/aromatic N) is 4. The van der Waals surface area contributed by atoms with Gasteiger partial charge in [-0.2, -0.15) is 0 Å². The Morgan fingerprint density at radius 2 is 0.781 bits per heavy atom. The first kappa shape index (κ1) is 41.1. The van der Waals surface area contributed by atoms with Crippen molar-refractivity contribution in [1.29, 1.82) is 0 Å². The van der Waals surface area contributed by atoms with Gasteiger partial charge in [-0.1, -0.05) is 206 Å². The van der Waals surface area contributed by atoms with Crippen LogP contribution in [0.4, 0.5) is 0 Å². The maximum atomic E-state index is 5.47. The van der Waals surface area contributed by atoms with E-state index >= 15 is 0 Å². The number of pyridine rings is 1. The molecule has 3 heterocycles. The number of para-hydroxylation sites is 3. The molecular weight excluding hydrogens is 885 g/mol. The van der Waals surface area contributed by atoms with Gasteiger partial charge in [0.1, 0.15) is 0 Å². The quantitative estimate of drug-likeness (QED) is 0.156. The van der Waals surface area contributed by atoms with Crippen molar-refractivity contribution in [2.75, 3.05) is 0 Å². The Bertz CT molecular complexity index is 4570. The molecule has 0 unspecified atom stereocenters. The van der Waals surface area contributed by atoms with Crippen molar-refractivity contribution >= 4 is 86.6 Å². The summed E-state index contributed by atoms with van der Waals surface area (Å²) in [6, 6.07) is 91.5. The normalized spacial score (nSPS) is 11.8. The van der Waals surface area contributed by atoms with Crippen molar-refractivity contribution in [3.63, 3.8) is 0 Å². The highest BCUT2D eigenvalue weighted by Crippen LogP contribution is 2.44. The standard InChI is InChI=1S/C69H42N4/c1-2-18-49(19-3-1)73-64-29-15-13-27-57(64)67-65(73)39-38-58-66(67)56-26-12-14-28-61(56)70-68(58)46-36-32-44(33-37-46)43-30-34-45(35-31-43)62-42-63(59-40-47-16-4-6-20-50(47)52-22-8-10-24-54(52)59)72-69(71-62)60-41-48-17-5-7-21-51(48)53-23-9-11-25-55(53)60/h1-42H. The molecule has 15 rings (SSSR count). The van der Waals surface area contributed by atoms with E-state index in [1.807, 2.05) is 0 Å². The smallest absolute Gasteiger partial charge is 0.161 e. The monoisotopic (exact) mass is 926 g/mol. The van der Waals surface area contributed by atoms with Gasteiger partial charge in [0.15, 0.2) is 5.82 Å². The predicted molar refractivity (Wildman–Crippen MR) is 306 cm³/mol. The highest BCUT2D eigenvalue weighted by Gasteiger charge is 2.21. The van der Waals surface area contributed by atoms with Crippen molar-refractivity contribution in [3.8, 4) is 62.0 Å². The second-order valence-electron chi connectivity index (χ2n) is 19.0. The molecule has 4 heteroatoms. The molecule has 0 aliphatic carbocycles. The molecule has 0 aliphatic heterocycles. The SMILES string of the molecule is c1ccc(-n2c3ccccc3c3c4c(ccc32)c(-c2ccc(-c3ccc(-c5cc(-c6cc7ccccc7c7ccccc67)nc(-c6cc7ccccc7c7ccccc67)n5)cc3)cc2)nc2ccccc24)cc1. The molecule has 0 saturated heterocycles. The summed E-state index contributed by atoms with van der Waals surface area (Å²) in [4.78, 5) is 16.3. The fourth-order valence-electron chi connectivity index (χ4n) is 11.6. The van der Waals surface area contributed by atoms with Gasteiger partial charge in [0.25, 0.3) is 0 Å². The Hall–Kier alpha value is -9.77. The first-order chi connectivity index (χ1) is 36.2. The van der Waals surface area contributed by atoms with E-state index in [1.165, 1.54) is 54.1 Å². The molecule has 0 fully saturated rings. The van der Waals surface area contributed by atoms with E-state index in [2.05, 4.69) is 259 Å². The van der Waals surface area contributed by atoms with Crippen LogP contribution >= 0.6 is 0 Å². The van der Waals surface area contributed by atoms with Crippen molar-refractivity contribution < 1.29 is 0 Å². The van der Waals surface area contributed by atoms with Gasteiger partial charge in [0.05, 0.1) is 33.6 Å². The highest BCUT2D eigenvalue weighted by molar-refractivity contribution is 6.29. The maximum absolute atomic E-state index is 5.47. The molecule has 0 radical (unpaired) electrons. The Morgan fingerprint density at radius 1 is 0.274 bits per heavy atom. The van der Waals surface area contributed by atoms with Gasteiger partial charge in [-0.3, -0.25) is 0 Å². The highest BCUT2D eigenvalue weighted by atomic mass is 15.0. The van der Waals surface area contributed by atoms with Crippen LogP contribution < -0.4 is 0 Å². The van der Waals surface area contributed by atoms with Gasteiger partial charge in [0, 0.05) is 54.9 Å². The molecule has 338 valence electrons. The Labute approximate surface area is 420 Å². The van der Waals surface area contributed by atoms with E-state index < -0.39 is 0 Å². The molecule has 4 nitrogen and oxygen atoms in total. The Balaban J connectivity index is 0.852. The molecule has 0 N–H and O–H groups in total. The van der Waals surface area contributed by atoms with Crippen molar-refractivity contribution in [2.45, 2.75) is 0 Å². The van der Waals surface area contributed by atoms with E-state index in [0.717, 1.165) is 88.6 Å². The molecule has 0 aliphatic rings. The minimum atomic E-state index is 0.698. The van der Waals surface area contributed by atoms with Crippen molar-refractivity contribution in [1.82, 2.24) is 19.5 Å². The van der Waals surface area contributed by atoms with Gasteiger partial charge in [0.2, 0.25) is 0 Å².